The van der Waals surface area contributed by atoms with Crippen LogP contribution in [0.15, 0.2) is 90.0 Å². The highest BCUT2D eigenvalue weighted by molar-refractivity contribution is 6.37. The molecule has 0 aliphatic rings. The van der Waals surface area contributed by atoms with Crippen LogP contribution in [0.4, 0.5) is 0 Å². The highest BCUT2D eigenvalue weighted by atomic mass is 35.5. The lowest BCUT2D eigenvalue weighted by atomic mass is 10.1. The monoisotopic (exact) mass is 548 g/mol. The number of carbonyl (C=O) groups excluding carboxylic acids is 1. The molecule has 0 aliphatic heterocycles. The van der Waals surface area contributed by atoms with Crippen molar-refractivity contribution in [2.45, 2.75) is 20.1 Å². The molecule has 0 radical (unpaired) electrons. The maximum absolute atomic E-state index is 12.2. The van der Waals surface area contributed by atoms with Crippen molar-refractivity contribution < 1.29 is 19.0 Å². The van der Waals surface area contributed by atoms with Gasteiger partial charge in [0.05, 0.1) is 23.4 Å². The molecule has 4 rings (SSSR count). The first-order valence-corrected chi connectivity index (χ1v) is 12.5. The predicted molar refractivity (Wildman–Crippen MR) is 151 cm³/mol. The molecule has 0 bridgehead atoms. The van der Waals surface area contributed by atoms with Gasteiger partial charge in [0.1, 0.15) is 13.2 Å². The number of carbonyl (C=O) groups is 1. The molecule has 4 aromatic carbocycles. The number of ether oxygens (including phenoxy) is 3. The topological polar surface area (TPSA) is 69.2 Å². The lowest BCUT2D eigenvalue weighted by Gasteiger charge is -2.14. The number of amides is 1. The van der Waals surface area contributed by atoms with E-state index in [0.717, 1.165) is 16.7 Å². The predicted octanol–water partition coefficient (Wildman–Crippen LogP) is 7.23. The van der Waals surface area contributed by atoms with Crippen LogP contribution in [0.25, 0.3) is 0 Å². The normalized spacial score (nSPS) is 10.8. The van der Waals surface area contributed by atoms with E-state index in [-0.39, 0.29) is 12.5 Å². The van der Waals surface area contributed by atoms with E-state index in [4.69, 9.17) is 37.4 Å². The fourth-order valence-corrected chi connectivity index (χ4v) is 4.15. The van der Waals surface area contributed by atoms with Crippen LogP contribution < -0.4 is 19.6 Å². The number of hydrazone groups is 1. The number of methoxy groups -OCH3 is 1. The zero-order valence-electron chi connectivity index (χ0n) is 20.9. The van der Waals surface area contributed by atoms with Crippen molar-refractivity contribution in [3.8, 4) is 17.2 Å². The Labute approximate surface area is 231 Å². The van der Waals surface area contributed by atoms with Gasteiger partial charge >= 0.3 is 0 Å². The van der Waals surface area contributed by atoms with Crippen molar-refractivity contribution in [1.82, 2.24) is 5.43 Å². The Morgan fingerprint density at radius 3 is 2.21 bits per heavy atom. The SMILES string of the molecule is COc1cc(COc2c(Cl)cc(/C=N/NC(=O)c3ccc(C)cc3)cc2Cl)ccc1OCc1ccccc1. The summed E-state index contributed by atoms with van der Waals surface area (Å²) in [5, 5.41) is 4.64. The minimum atomic E-state index is -0.315. The molecule has 0 saturated carbocycles. The van der Waals surface area contributed by atoms with E-state index >= 15 is 0 Å². The lowest BCUT2D eigenvalue weighted by Crippen LogP contribution is -2.17. The molecule has 0 fully saturated rings. The lowest BCUT2D eigenvalue weighted by molar-refractivity contribution is 0.0955. The number of nitrogens with zero attached hydrogens (tertiary/aromatic N) is 1. The highest BCUT2D eigenvalue weighted by Crippen LogP contribution is 2.35. The second-order valence-electron chi connectivity index (χ2n) is 8.43. The number of nitrogens with one attached hydrogen (secondary N) is 1. The van der Waals surface area contributed by atoms with E-state index in [1.165, 1.54) is 6.21 Å². The number of hydrogen-bond acceptors (Lipinski definition) is 5. The minimum Gasteiger partial charge on any atom is -0.493 e. The fourth-order valence-electron chi connectivity index (χ4n) is 3.54. The van der Waals surface area contributed by atoms with E-state index in [9.17, 15) is 4.79 Å². The molecular weight excluding hydrogens is 523 g/mol. The van der Waals surface area contributed by atoms with Gasteiger partial charge in [-0.15, -0.1) is 0 Å². The molecule has 8 heteroatoms. The molecule has 1 amide bonds. The van der Waals surface area contributed by atoms with Crippen LogP contribution in [0.3, 0.4) is 0 Å². The Hall–Kier alpha value is -4.00. The van der Waals surface area contributed by atoms with Gasteiger partial charge in [0.15, 0.2) is 17.2 Å². The van der Waals surface area contributed by atoms with Crippen molar-refractivity contribution in [2.75, 3.05) is 7.11 Å². The van der Waals surface area contributed by atoms with Gasteiger partial charge in [-0.25, -0.2) is 5.43 Å². The zero-order valence-corrected chi connectivity index (χ0v) is 22.4. The molecule has 194 valence electrons. The Bertz CT molecular complexity index is 1400. The third-order valence-electron chi connectivity index (χ3n) is 5.56. The second-order valence-corrected chi connectivity index (χ2v) is 9.24. The Balaban J connectivity index is 1.36. The molecule has 4 aromatic rings. The Kier molecular flexibility index (Phi) is 9.25. The number of halogens is 2. The third-order valence-corrected chi connectivity index (χ3v) is 6.12. The van der Waals surface area contributed by atoms with Gasteiger partial charge < -0.3 is 14.2 Å². The average Bonchev–Trinajstić information content (AvgIpc) is 2.92. The van der Waals surface area contributed by atoms with Crippen LogP contribution in [0.1, 0.15) is 32.6 Å². The van der Waals surface area contributed by atoms with E-state index in [2.05, 4.69) is 10.5 Å². The van der Waals surface area contributed by atoms with Gasteiger partial charge in [-0.1, -0.05) is 77.3 Å². The second kappa shape index (κ2) is 13.0. The summed E-state index contributed by atoms with van der Waals surface area (Å²) >= 11 is 12.9. The van der Waals surface area contributed by atoms with Gasteiger partial charge in [0.25, 0.3) is 5.91 Å². The van der Waals surface area contributed by atoms with Gasteiger partial charge in [0.2, 0.25) is 0 Å². The van der Waals surface area contributed by atoms with E-state index in [0.29, 0.717) is 45.0 Å². The van der Waals surface area contributed by atoms with E-state index < -0.39 is 0 Å². The molecule has 0 aliphatic carbocycles. The summed E-state index contributed by atoms with van der Waals surface area (Å²) in [6, 6.07) is 26.0. The summed E-state index contributed by atoms with van der Waals surface area (Å²) in [7, 11) is 1.59. The number of aryl methyl sites for hydroxylation is 1. The van der Waals surface area contributed by atoms with Crippen LogP contribution in [0, 0.1) is 6.92 Å². The van der Waals surface area contributed by atoms with Crippen molar-refractivity contribution in [3.05, 3.63) is 123 Å². The first kappa shape index (κ1) is 27.0. The van der Waals surface area contributed by atoms with Crippen LogP contribution in [0.5, 0.6) is 17.2 Å². The van der Waals surface area contributed by atoms with Gasteiger partial charge in [-0.2, -0.15) is 5.10 Å². The largest absolute Gasteiger partial charge is 0.493 e. The zero-order chi connectivity index (χ0) is 26.9. The van der Waals surface area contributed by atoms with Crippen molar-refractivity contribution in [3.63, 3.8) is 0 Å². The molecule has 0 unspecified atom stereocenters. The minimum absolute atomic E-state index is 0.217. The molecule has 1 N–H and O–H groups in total. The molecule has 0 spiro atoms. The first-order valence-electron chi connectivity index (χ1n) is 11.8. The molecule has 38 heavy (non-hydrogen) atoms. The molecular formula is C30H26Cl2N2O4. The van der Waals surface area contributed by atoms with E-state index in [1.54, 1.807) is 31.4 Å². The van der Waals surface area contributed by atoms with Crippen molar-refractivity contribution in [2.24, 2.45) is 5.10 Å². The molecule has 0 saturated heterocycles. The molecule has 0 aromatic heterocycles. The summed E-state index contributed by atoms with van der Waals surface area (Å²) in [6.45, 7) is 2.61. The van der Waals surface area contributed by atoms with Crippen LogP contribution in [-0.2, 0) is 13.2 Å². The smallest absolute Gasteiger partial charge is 0.271 e. The van der Waals surface area contributed by atoms with Crippen LogP contribution in [0.2, 0.25) is 10.0 Å². The van der Waals surface area contributed by atoms with Gasteiger partial charge in [-0.3, -0.25) is 4.79 Å². The Morgan fingerprint density at radius 1 is 0.842 bits per heavy atom. The van der Waals surface area contributed by atoms with Crippen LogP contribution in [-0.4, -0.2) is 19.2 Å². The van der Waals surface area contributed by atoms with Gasteiger partial charge in [0, 0.05) is 5.56 Å². The van der Waals surface area contributed by atoms with Crippen LogP contribution >= 0.6 is 23.2 Å². The maximum Gasteiger partial charge on any atom is 0.271 e. The Morgan fingerprint density at radius 2 is 1.53 bits per heavy atom. The third kappa shape index (κ3) is 7.28. The molecule has 0 heterocycles. The number of benzene rings is 4. The summed E-state index contributed by atoms with van der Waals surface area (Å²) in [6.07, 6.45) is 1.46. The first-order chi connectivity index (χ1) is 18.4. The standard InChI is InChI=1S/C30H26Cl2N2O4/c1-20-8-11-24(12-9-20)30(35)34-33-17-23-14-25(31)29(26(32)15-23)38-19-22-10-13-27(28(16-22)36-2)37-18-21-6-4-3-5-7-21/h3-17H,18-19H2,1-2H3,(H,34,35)/b33-17+. The summed E-state index contributed by atoms with van der Waals surface area (Å²) < 4.78 is 17.3. The summed E-state index contributed by atoms with van der Waals surface area (Å²) in [4.78, 5) is 12.2. The quantitative estimate of drug-likeness (QED) is 0.167. The van der Waals surface area contributed by atoms with Crippen molar-refractivity contribution in [1.29, 1.82) is 0 Å². The maximum atomic E-state index is 12.2. The molecule has 0 atom stereocenters. The summed E-state index contributed by atoms with van der Waals surface area (Å²) in [5.74, 6) is 1.26. The molecule has 6 nitrogen and oxygen atoms in total. The average molecular weight is 549 g/mol. The van der Waals surface area contributed by atoms with Gasteiger partial charge in [-0.05, 0) is 60.0 Å². The highest BCUT2D eigenvalue weighted by Gasteiger charge is 2.12. The number of hydrogen-bond donors (Lipinski definition) is 1. The summed E-state index contributed by atoms with van der Waals surface area (Å²) in [5.41, 5.74) is 6.60. The number of rotatable bonds is 10. The van der Waals surface area contributed by atoms with E-state index in [1.807, 2.05) is 67.6 Å². The van der Waals surface area contributed by atoms with Crippen molar-refractivity contribution >= 4 is 35.3 Å². The fraction of sp³-hybridized carbons (Fsp3) is 0.133.